The van der Waals surface area contributed by atoms with E-state index in [0.29, 0.717) is 13.1 Å². The van der Waals surface area contributed by atoms with Gasteiger partial charge in [-0.2, -0.15) is 0 Å². The molecule has 0 saturated carbocycles. The fourth-order valence-electron chi connectivity index (χ4n) is 1.53. The van der Waals surface area contributed by atoms with Gasteiger partial charge in [-0.15, -0.1) is 0 Å². The van der Waals surface area contributed by atoms with Crippen LogP contribution in [0.15, 0.2) is 22.8 Å². The predicted molar refractivity (Wildman–Crippen MR) is 71.6 cm³/mol. The summed E-state index contributed by atoms with van der Waals surface area (Å²) in [5, 5.41) is 3.10. The maximum atomic E-state index is 11.7. The molecule has 1 N–H and O–H groups in total. The molecule has 0 aromatic carbocycles. The monoisotopic (exact) mass is 299 g/mol. The Bertz CT molecular complexity index is 367. The molecule has 0 saturated heterocycles. The Morgan fingerprint density at radius 2 is 2.12 bits per heavy atom. The molecule has 0 aliphatic rings. The van der Waals surface area contributed by atoms with E-state index in [1.54, 1.807) is 4.90 Å². The largest absolute Gasteiger partial charge is 0.342 e. The quantitative estimate of drug-likeness (QED) is 0.815. The Morgan fingerprint density at radius 1 is 1.41 bits per heavy atom. The van der Waals surface area contributed by atoms with E-state index in [9.17, 15) is 4.79 Å². The van der Waals surface area contributed by atoms with Gasteiger partial charge in [-0.1, -0.05) is 6.07 Å². The summed E-state index contributed by atoms with van der Waals surface area (Å²) in [7, 11) is 0. The number of hydrogen-bond donors (Lipinski definition) is 1. The lowest BCUT2D eigenvalue weighted by Gasteiger charge is -2.18. The summed E-state index contributed by atoms with van der Waals surface area (Å²) in [5.41, 5.74) is 0.923. The molecule has 0 aliphatic carbocycles. The van der Waals surface area contributed by atoms with E-state index in [1.165, 1.54) is 0 Å². The molecule has 0 radical (unpaired) electrons. The van der Waals surface area contributed by atoms with Crippen molar-refractivity contribution in [2.45, 2.75) is 20.4 Å². The summed E-state index contributed by atoms with van der Waals surface area (Å²) in [6.07, 6.45) is 0. The van der Waals surface area contributed by atoms with E-state index in [0.717, 1.165) is 23.4 Å². The van der Waals surface area contributed by atoms with Crippen LogP contribution < -0.4 is 5.32 Å². The normalized spacial score (nSPS) is 10.3. The average molecular weight is 300 g/mol. The Morgan fingerprint density at radius 3 is 2.71 bits per heavy atom. The summed E-state index contributed by atoms with van der Waals surface area (Å²) in [4.78, 5) is 17.8. The summed E-state index contributed by atoms with van der Waals surface area (Å²) in [6.45, 7) is 6.44. The lowest BCUT2D eigenvalue weighted by Crippen LogP contribution is -2.37. The van der Waals surface area contributed by atoms with Gasteiger partial charge < -0.3 is 10.2 Å². The van der Waals surface area contributed by atoms with E-state index < -0.39 is 0 Å². The van der Waals surface area contributed by atoms with Gasteiger partial charge in [-0.25, -0.2) is 4.98 Å². The van der Waals surface area contributed by atoms with Crippen molar-refractivity contribution in [2.24, 2.45) is 0 Å². The molecule has 0 unspecified atom stereocenters. The van der Waals surface area contributed by atoms with Gasteiger partial charge in [0.25, 0.3) is 0 Å². The van der Waals surface area contributed by atoms with E-state index in [4.69, 9.17) is 0 Å². The number of nitrogens with one attached hydrogen (secondary N) is 1. The van der Waals surface area contributed by atoms with Gasteiger partial charge >= 0.3 is 0 Å². The molecule has 94 valence electrons. The number of amides is 1. The van der Waals surface area contributed by atoms with Crippen LogP contribution in [-0.4, -0.2) is 35.4 Å². The van der Waals surface area contributed by atoms with Crippen molar-refractivity contribution in [3.05, 3.63) is 28.5 Å². The number of hydrogen-bond acceptors (Lipinski definition) is 3. The minimum absolute atomic E-state index is 0.130. The number of carbonyl (C=O) groups is 1. The van der Waals surface area contributed by atoms with Crippen LogP contribution in [0, 0.1) is 0 Å². The third-order valence-corrected chi connectivity index (χ3v) is 2.91. The summed E-state index contributed by atoms with van der Waals surface area (Å²) >= 11 is 3.31. The van der Waals surface area contributed by atoms with E-state index in [1.807, 2.05) is 32.0 Å². The molecule has 0 spiro atoms. The maximum absolute atomic E-state index is 11.7. The Hall–Kier alpha value is -0.940. The van der Waals surface area contributed by atoms with Gasteiger partial charge in [-0.05, 0) is 41.9 Å². The predicted octanol–water partition coefficient (Wildman–Crippen LogP) is 1.80. The molecule has 4 nitrogen and oxygen atoms in total. The van der Waals surface area contributed by atoms with Crippen LogP contribution in [0.25, 0.3) is 0 Å². The molecule has 0 fully saturated rings. The van der Waals surface area contributed by atoms with Gasteiger partial charge in [0.2, 0.25) is 5.91 Å². The van der Waals surface area contributed by atoms with E-state index in [-0.39, 0.29) is 5.91 Å². The zero-order valence-electron chi connectivity index (χ0n) is 10.2. The lowest BCUT2D eigenvalue weighted by atomic mass is 10.3. The number of likely N-dealkylation sites (N-methyl/N-ethyl adjacent to an activating group) is 1. The van der Waals surface area contributed by atoms with Crippen molar-refractivity contribution in [2.75, 3.05) is 19.6 Å². The van der Waals surface area contributed by atoms with Crippen LogP contribution in [0.3, 0.4) is 0 Å². The fraction of sp³-hybridized carbons (Fsp3) is 0.500. The van der Waals surface area contributed by atoms with Gasteiger partial charge in [0.1, 0.15) is 4.60 Å². The zero-order chi connectivity index (χ0) is 12.7. The fourth-order valence-corrected chi connectivity index (χ4v) is 1.91. The van der Waals surface area contributed by atoms with Crippen molar-refractivity contribution in [3.63, 3.8) is 0 Å². The van der Waals surface area contributed by atoms with Crippen LogP contribution in [0.1, 0.15) is 19.5 Å². The minimum Gasteiger partial charge on any atom is -0.342 e. The number of halogens is 1. The number of aromatic nitrogens is 1. The number of nitrogens with zero attached hydrogens (tertiary/aromatic N) is 2. The SMILES string of the molecule is CCN(CC)C(=O)CNCc1cccc(Br)n1. The molecule has 0 bridgehead atoms. The topological polar surface area (TPSA) is 45.2 Å². The number of carbonyl (C=O) groups excluding carboxylic acids is 1. The van der Waals surface area contributed by atoms with Crippen LogP contribution in [0.2, 0.25) is 0 Å². The highest BCUT2D eigenvalue weighted by Crippen LogP contribution is 2.05. The first kappa shape index (κ1) is 14.1. The third kappa shape index (κ3) is 4.83. The highest BCUT2D eigenvalue weighted by Gasteiger charge is 2.08. The van der Waals surface area contributed by atoms with Gasteiger partial charge in [0.15, 0.2) is 0 Å². The molecular weight excluding hydrogens is 282 g/mol. The van der Waals surface area contributed by atoms with Crippen LogP contribution >= 0.6 is 15.9 Å². The minimum atomic E-state index is 0.130. The first-order chi connectivity index (χ1) is 8.17. The van der Waals surface area contributed by atoms with Gasteiger partial charge in [0, 0.05) is 19.6 Å². The lowest BCUT2D eigenvalue weighted by molar-refractivity contribution is -0.129. The van der Waals surface area contributed by atoms with E-state index >= 15 is 0 Å². The summed E-state index contributed by atoms with van der Waals surface area (Å²) in [6, 6.07) is 5.74. The van der Waals surface area contributed by atoms with Crippen LogP contribution in [0.4, 0.5) is 0 Å². The highest BCUT2D eigenvalue weighted by atomic mass is 79.9. The van der Waals surface area contributed by atoms with Crippen molar-refractivity contribution < 1.29 is 4.79 Å². The molecule has 0 aliphatic heterocycles. The molecule has 0 atom stereocenters. The third-order valence-electron chi connectivity index (χ3n) is 2.47. The highest BCUT2D eigenvalue weighted by molar-refractivity contribution is 9.10. The standard InChI is InChI=1S/C12H18BrN3O/c1-3-16(4-2)12(17)9-14-8-10-6-5-7-11(13)15-10/h5-7,14H,3-4,8-9H2,1-2H3. The molecular formula is C12H18BrN3O. The molecule has 5 heteroatoms. The van der Waals surface area contributed by atoms with Crippen molar-refractivity contribution in [3.8, 4) is 0 Å². The first-order valence-corrected chi connectivity index (χ1v) is 6.56. The number of pyridine rings is 1. The van der Waals surface area contributed by atoms with Crippen LogP contribution in [-0.2, 0) is 11.3 Å². The summed E-state index contributed by atoms with van der Waals surface area (Å²) in [5.74, 6) is 0.130. The molecule has 1 aromatic heterocycles. The van der Waals surface area contributed by atoms with Gasteiger partial charge in [0.05, 0.1) is 12.2 Å². The Balaban J connectivity index is 2.35. The smallest absolute Gasteiger partial charge is 0.236 e. The summed E-state index contributed by atoms with van der Waals surface area (Å²) < 4.78 is 0.812. The molecule has 1 rings (SSSR count). The van der Waals surface area contributed by atoms with Crippen molar-refractivity contribution in [1.29, 1.82) is 0 Å². The second kappa shape index (κ2) is 7.40. The number of rotatable bonds is 6. The maximum Gasteiger partial charge on any atom is 0.236 e. The second-order valence-electron chi connectivity index (χ2n) is 3.62. The van der Waals surface area contributed by atoms with Crippen molar-refractivity contribution in [1.82, 2.24) is 15.2 Å². The zero-order valence-corrected chi connectivity index (χ0v) is 11.8. The Kier molecular flexibility index (Phi) is 6.15. The molecule has 17 heavy (non-hydrogen) atoms. The molecule has 1 amide bonds. The van der Waals surface area contributed by atoms with Gasteiger partial charge in [-0.3, -0.25) is 4.79 Å². The Labute approximate surface area is 111 Å². The molecule has 1 heterocycles. The van der Waals surface area contributed by atoms with E-state index in [2.05, 4.69) is 26.2 Å². The average Bonchev–Trinajstić information content (AvgIpc) is 2.30. The van der Waals surface area contributed by atoms with Crippen LogP contribution in [0.5, 0.6) is 0 Å². The first-order valence-electron chi connectivity index (χ1n) is 5.77. The van der Waals surface area contributed by atoms with Crippen molar-refractivity contribution >= 4 is 21.8 Å². The second-order valence-corrected chi connectivity index (χ2v) is 4.43. The molecule has 1 aromatic rings.